The second-order valence-corrected chi connectivity index (χ2v) is 10.3. The number of piperidine rings is 2. The third-order valence-corrected chi connectivity index (χ3v) is 8.12. The van der Waals surface area contributed by atoms with Gasteiger partial charge in [0.1, 0.15) is 18.7 Å². The topological polar surface area (TPSA) is 73.6 Å². The molecule has 3 aromatic rings. The fraction of sp³-hybridized carbons (Fsp3) is 0.556. The average molecular weight is 489 g/mol. The Labute approximate surface area is 212 Å². The van der Waals surface area contributed by atoms with Gasteiger partial charge in [0, 0.05) is 51.0 Å². The summed E-state index contributed by atoms with van der Waals surface area (Å²) in [5, 5.41) is 5.48. The van der Waals surface area contributed by atoms with Crippen molar-refractivity contribution in [3.63, 3.8) is 0 Å². The Balaban J connectivity index is 1.08. The fourth-order valence-electron chi connectivity index (χ4n) is 6.06. The highest BCUT2D eigenvalue weighted by Gasteiger charge is 2.28. The van der Waals surface area contributed by atoms with Crippen LogP contribution < -0.4 is 9.80 Å². The molecule has 9 nitrogen and oxygen atoms in total. The van der Waals surface area contributed by atoms with Crippen LogP contribution in [0.15, 0.2) is 42.9 Å². The minimum absolute atomic E-state index is 0.133. The third-order valence-electron chi connectivity index (χ3n) is 8.12. The average Bonchev–Trinajstić information content (AvgIpc) is 3.37. The molecule has 0 bridgehead atoms. The van der Waals surface area contributed by atoms with Gasteiger partial charge in [-0.05, 0) is 50.9 Å². The molecular formula is C27H36N8O. The molecule has 3 aliphatic heterocycles. The molecule has 3 aliphatic rings. The number of anilines is 2. The lowest BCUT2D eigenvalue weighted by atomic mass is 10.00. The molecule has 36 heavy (non-hydrogen) atoms. The lowest BCUT2D eigenvalue weighted by molar-refractivity contribution is -0.133. The van der Waals surface area contributed by atoms with Gasteiger partial charge >= 0.3 is 0 Å². The smallest absolute Gasteiger partial charge is 0.244 e. The summed E-state index contributed by atoms with van der Waals surface area (Å²) in [7, 11) is 0. The highest BCUT2D eigenvalue weighted by Crippen LogP contribution is 2.26. The van der Waals surface area contributed by atoms with E-state index in [0.717, 1.165) is 69.0 Å². The van der Waals surface area contributed by atoms with E-state index in [4.69, 9.17) is 0 Å². The zero-order valence-electron chi connectivity index (χ0n) is 21.0. The van der Waals surface area contributed by atoms with Crippen molar-refractivity contribution in [2.75, 3.05) is 62.2 Å². The number of hydrogen-bond acceptors (Lipinski definition) is 7. The molecule has 0 unspecified atom stereocenters. The summed E-state index contributed by atoms with van der Waals surface area (Å²) in [5.74, 6) is 1.04. The van der Waals surface area contributed by atoms with Crippen LogP contribution in [-0.4, -0.2) is 93.9 Å². The largest absolute Gasteiger partial charge is 0.368 e. The lowest BCUT2D eigenvalue weighted by Crippen LogP contribution is -2.48. The maximum absolute atomic E-state index is 13.1. The Morgan fingerprint density at radius 3 is 2.31 bits per heavy atom. The normalized spacial score (nSPS) is 20.3. The molecule has 3 saturated heterocycles. The zero-order chi connectivity index (χ0) is 24.3. The minimum Gasteiger partial charge on any atom is -0.368 e. The molecule has 0 aliphatic carbocycles. The molecule has 0 atom stereocenters. The number of piperazine rings is 1. The number of hydrogen-bond donors (Lipinski definition) is 0. The number of amides is 1. The second kappa shape index (κ2) is 10.4. The van der Waals surface area contributed by atoms with Crippen LogP contribution in [0, 0.1) is 0 Å². The van der Waals surface area contributed by atoms with Gasteiger partial charge in [0.25, 0.3) is 0 Å². The van der Waals surface area contributed by atoms with Gasteiger partial charge in [0.2, 0.25) is 5.91 Å². The highest BCUT2D eigenvalue weighted by molar-refractivity contribution is 5.88. The van der Waals surface area contributed by atoms with E-state index in [1.807, 2.05) is 11.1 Å². The van der Waals surface area contributed by atoms with E-state index >= 15 is 0 Å². The molecule has 0 saturated carbocycles. The molecule has 6 rings (SSSR count). The van der Waals surface area contributed by atoms with E-state index in [1.165, 1.54) is 38.0 Å². The molecule has 190 valence electrons. The maximum Gasteiger partial charge on any atom is 0.244 e. The van der Waals surface area contributed by atoms with Gasteiger partial charge < -0.3 is 19.6 Å². The van der Waals surface area contributed by atoms with E-state index in [0.29, 0.717) is 6.04 Å². The summed E-state index contributed by atoms with van der Waals surface area (Å²) in [5.41, 5.74) is 2.00. The Morgan fingerprint density at radius 2 is 1.56 bits per heavy atom. The van der Waals surface area contributed by atoms with Gasteiger partial charge in [0.05, 0.1) is 11.6 Å². The van der Waals surface area contributed by atoms with Crippen molar-refractivity contribution >= 4 is 28.4 Å². The molecule has 5 heterocycles. The van der Waals surface area contributed by atoms with Crippen molar-refractivity contribution in [1.29, 1.82) is 0 Å². The maximum atomic E-state index is 13.1. The van der Waals surface area contributed by atoms with E-state index in [9.17, 15) is 4.79 Å². The van der Waals surface area contributed by atoms with Gasteiger partial charge in [-0.15, -0.1) is 0 Å². The minimum atomic E-state index is 0.133. The van der Waals surface area contributed by atoms with Gasteiger partial charge in [-0.1, -0.05) is 24.6 Å². The first kappa shape index (κ1) is 23.2. The van der Waals surface area contributed by atoms with Crippen LogP contribution in [0.1, 0.15) is 32.1 Å². The van der Waals surface area contributed by atoms with Gasteiger partial charge in [-0.25, -0.2) is 14.6 Å². The third kappa shape index (κ3) is 4.76. The number of nitrogens with zero attached hydrogens (tertiary/aromatic N) is 8. The summed E-state index contributed by atoms with van der Waals surface area (Å²) in [6.45, 7) is 8.01. The van der Waals surface area contributed by atoms with Crippen molar-refractivity contribution in [2.45, 2.75) is 44.7 Å². The summed E-state index contributed by atoms with van der Waals surface area (Å²) >= 11 is 0. The number of benzene rings is 1. The van der Waals surface area contributed by atoms with Crippen LogP contribution in [0.25, 0.3) is 11.0 Å². The van der Waals surface area contributed by atoms with Crippen molar-refractivity contribution < 1.29 is 4.79 Å². The first-order chi connectivity index (χ1) is 17.8. The summed E-state index contributed by atoms with van der Waals surface area (Å²) in [4.78, 5) is 31.6. The first-order valence-corrected chi connectivity index (χ1v) is 13.5. The molecular weight excluding hydrogens is 452 g/mol. The van der Waals surface area contributed by atoms with Crippen molar-refractivity contribution in [3.8, 4) is 0 Å². The Hall–Kier alpha value is -3.20. The predicted molar refractivity (Wildman–Crippen MR) is 141 cm³/mol. The lowest BCUT2D eigenvalue weighted by Gasteiger charge is -2.40. The SMILES string of the molecule is O=C(Cn1ncc2c(N3CCN(c4ccccc4)CC3)ncnc21)N1CCC(N2CCCCC2)CC1. The van der Waals surface area contributed by atoms with Crippen molar-refractivity contribution in [3.05, 3.63) is 42.9 Å². The van der Waals surface area contributed by atoms with Crippen molar-refractivity contribution in [1.82, 2.24) is 29.5 Å². The van der Waals surface area contributed by atoms with Crippen molar-refractivity contribution in [2.24, 2.45) is 0 Å². The molecule has 3 fully saturated rings. The molecule has 0 spiro atoms. The number of carbonyl (C=O) groups is 1. The number of rotatable bonds is 5. The molecule has 0 N–H and O–H groups in total. The van der Waals surface area contributed by atoms with Gasteiger partial charge in [-0.3, -0.25) is 4.79 Å². The van der Waals surface area contributed by atoms with Crippen LogP contribution in [0.2, 0.25) is 0 Å². The molecule has 0 radical (unpaired) electrons. The Bertz CT molecular complexity index is 1160. The van der Waals surface area contributed by atoms with Crippen LogP contribution >= 0.6 is 0 Å². The standard InChI is InChI=1S/C27H36N8O/c36-25(33-13-9-23(10-14-33)31-11-5-2-6-12-31)20-35-27-24(19-30-35)26(28-21-29-27)34-17-15-32(16-18-34)22-7-3-1-4-8-22/h1,3-4,7-8,19,21,23H,2,5-6,9-18,20H2. The number of para-hydroxylation sites is 1. The van der Waals surface area contributed by atoms with E-state index in [2.05, 4.69) is 60.1 Å². The molecule has 1 amide bonds. The number of likely N-dealkylation sites (tertiary alicyclic amines) is 2. The first-order valence-electron chi connectivity index (χ1n) is 13.5. The van der Waals surface area contributed by atoms with E-state index in [-0.39, 0.29) is 12.5 Å². The predicted octanol–water partition coefficient (Wildman–Crippen LogP) is 2.63. The summed E-state index contributed by atoms with van der Waals surface area (Å²) < 4.78 is 1.75. The van der Waals surface area contributed by atoms with Crippen LogP contribution in [0.3, 0.4) is 0 Å². The molecule has 9 heteroatoms. The zero-order valence-corrected chi connectivity index (χ0v) is 21.0. The van der Waals surface area contributed by atoms with E-state index in [1.54, 1.807) is 11.0 Å². The van der Waals surface area contributed by atoms with Crippen LogP contribution in [0.5, 0.6) is 0 Å². The summed E-state index contributed by atoms with van der Waals surface area (Å²) in [6.07, 6.45) is 9.58. The van der Waals surface area contributed by atoms with Gasteiger partial charge in [-0.2, -0.15) is 5.10 Å². The van der Waals surface area contributed by atoms with E-state index < -0.39 is 0 Å². The number of fused-ring (bicyclic) bond motifs is 1. The summed E-state index contributed by atoms with van der Waals surface area (Å²) in [6, 6.07) is 11.2. The molecule has 1 aromatic carbocycles. The van der Waals surface area contributed by atoms with Gasteiger partial charge in [0.15, 0.2) is 5.65 Å². The monoisotopic (exact) mass is 488 g/mol. The number of carbonyl (C=O) groups excluding carboxylic acids is 1. The van der Waals surface area contributed by atoms with Crippen LogP contribution in [-0.2, 0) is 11.3 Å². The Kier molecular flexibility index (Phi) is 6.72. The molecule has 2 aromatic heterocycles. The quantitative estimate of drug-likeness (QED) is 0.547. The number of aromatic nitrogens is 4. The van der Waals surface area contributed by atoms with Crippen LogP contribution in [0.4, 0.5) is 11.5 Å². The second-order valence-electron chi connectivity index (χ2n) is 10.3. The fourth-order valence-corrected chi connectivity index (χ4v) is 6.06. The Morgan fingerprint density at radius 1 is 0.833 bits per heavy atom. The highest BCUT2D eigenvalue weighted by atomic mass is 16.2.